The van der Waals surface area contributed by atoms with E-state index >= 15 is 0 Å². The molecule has 0 spiro atoms. The van der Waals surface area contributed by atoms with Gasteiger partial charge in [0, 0.05) is 15.7 Å². The second-order valence-electron chi connectivity index (χ2n) is 5.41. The van der Waals surface area contributed by atoms with Crippen LogP contribution in [0.15, 0.2) is 40.9 Å². The molecule has 0 saturated carbocycles. The van der Waals surface area contributed by atoms with Gasteiger partial charge in [0.15, 0.2) is 18.2 Å². The van der Waals surface area contributed by atoms with Gasteiger partial charge in [-0.05, 0) is 55.8 Å². The molecule has 0 heterocycles. The number of hydrogen-bond donors (Lipinski definition) is 2. The Bertz CT molecular complexity index is 722. The quantitative estimate of drug-likeness (QED) is 0.817. The molecule has 2 aromatic rings. The van der Waals surface area contributed by atoms with Crippen molar-refractivity contribution in [2.45, 2.75) is 19.9 Å². The molecule has 0 aliphatic heterocycles. The van der Waals surface area contributed by atoms with Gasteiger partial charge in [-0.1, -0.05) is 15.9 Å². The van der Waals surface area contributed by atoms with Gasteiger partial charge in [0.1, 0.15) is 6.04 Å². The van der Waals surface area contributed by atoms with Crippen molar-refractivity contribution in [2.75, 3.05) is 11.9 Å². The molecule has 6 heteroatoms. The van der Waals surface area contributed by atoms with Crippen molar-refractivity contribution in [3.05, 3.63) is 63.6 Å². The topological polar surface area (TPSA) is 45.7 Å². The van der Waals surface area contributed by atoms with Crippen LogP contribution >= 0.6 is 15.9 Å². The number of aryl methyl sites for hydroxylation is 1. The molecule has 3 N–H and O–H groups in total. The van der Waals surface area contributed by atoms with E-state index in [1.54, 1.807) is 5.32 Å². The largest absolute Gasteiger partial charge is 0.333 e. The first-order chi connectivity index (χ1) is 10.9. The Morgan fingerprint density at radius 3 is 2.61 bits per heavy atom. The molecule has 1 amide bonds. The standard InChI is InChI=1S/C17H17BrF2N2O/c1-10-7-13(4-5-14(10)18)22-17(23)9-21-11(2)12-3-6-15(19)16(20)8-12/h3-8,11,21H,9H2,1-2H3,(H,22,23)/p+1/t11-/m0/s1. The van der Waals surface area contributed by atoms with E-state index < -0.39 is 11.6 Å². The number of carbonyl (C=O) groups excluding carboxylic acids is 1. The maximum Gasteiger partial charge on any atom is 0.279 e. The second-order valence-corrected chi connectivity index (χ2v) is 6.27. The van der Waals surface area contributed by atoms with Crippen LogP contribution in [0.5, 0.6) is 0 Å². The fourth-order valence-corrected chi connectivity index (χ4v) is 2.40. The number of nitrogens with one attached hydrogen (secondary N) is 1. The summed E-state index contributed by atoms with van der Waals surface area (Å²) in [6.45, 7) is 3.97. The van der Waals surface area contributed by atoms with Gasteiger partial charge >= 0.3 is 0 Å². The summed E-state index contributed by atoms with van der Waals surface area (Å²) in [7, 11) is 0. The highest BCUT2D eigenvalue weighted by atomic mass is 79.9. The number of hydrogen-bond acceptors (Lipinski definition) is 1. The molecule has 0 radical (unpaired) electrons. The minimum Gasteiger partial charge on any atom is -0.333 e. The summed E-state index contributed by atoms with van der Waals surface area (Å²) in [6.07, 6.45) is 0. The van der Waals surface area contributed by atoms with Crippen molar-refractivity contribution in [1.29, 1.82) is 0 Å². The lowest BCUT2D eigenvalue weighted by molar-refractivity contribution is -0.682. The maximum absolute atomic E-state index is 13.2. The average molecular weight is 384 g/mol. The summed E-state index contributed by atoms with van der Waals surface area (Å²) >= 11 is 3.41. The van der Waals surface area contributed by atoms with Crippen LogP contribution in [0.4, 0.5) is 14.5 Å². The summed E-state index contributed by atoms with van der Waals surface area (Å²) in [6, 6.07) is 9.19. The van der Waals surface area contributed by atoms with Gasteiger partial charge in [0.05, 0.1) is 0 Å². The predicted octanol–water partition coefficient (Wildman–Crippen LogP) is 3.30. The van der Waals surface area contributed by atoms with Crippen LogP contribution in [0.25, 0.3) is 0 Å². The third-order valence-corrected chi connectivity index (χ3v) is 4.46. The Morgan fingerprint density at radius 2 is 1.96 bits per heavy atom. The minimum atomic E-state index is -0.877. The Kier molecular flexibility index (Phi) is 5.85. The monoisotopic (exact) mass is 383 g/mol. The van der Waals surface area contributed by atoms with E-state index in [0.29, 0.717) is 5.56 Å². The van der Waals surface area contributed by atoms with Gasteiger partial charge < -0.3 is 10.6 Å². The lowest BCUT2D eigenvalue weighted by Gasteiger charge is -2.12. The molecule has 0 saturated heterocycles. The van der Waals surface area contributed by atoms with Gasteiger partial charge in [-0.2, -0.15) is 0 Å². The number of halogens is 3. The van der Waals surface area contributed by atoms with Crippen molar-refractivity contribution in [3.63, 3.8) is 0 Å². The molecular weight excluding hydrogens is 366 g/mol. The van der Waals surface area contributed by atoms with Crippen LogP contribution in [0.1, 0.15) is 24.1 Å². The summed E-state index contributed by atoms with van der Waals surface area (Å²) < 4.78 is 27.1. The van der Waals surface area contributed by atoms with Gasteiger partial charge in [0.2, 0.25) is 0 Å². The molecule has 0 unspecified atom stereocenters. The van der Waals surface area contributed by atoms with E-state index in [2.05, 4.69) is 21.2 Å². The van der Waals surface area contributed by atoms with E-state index in [9.17, 15) is 13.6 Å². The van der Waals surface area contributed by atoms with Crippen LogP contribution in [0.3, 0.4) is 0 Å². The Hall–Kier alpha value is -1.79. The van der Waals surface area contributed by atoms with Crippen LogP contribution in [-0.4, -0.2) is 12.5 Å². The highest BCUT2D eigenvalue weighted by Crippen LogP contribution is 2.19. The average Bonchev–Trinajstić information content (AvgIpc) is 2.51. The molecular formula is C17H18BrF2N2O+. The molecule has 122 valence electrons. The lowest BCUT2D eigenvalue weighted by Crippen LogP contribution is -2.86. The first-order valence-corrected chi connectivity index (χ1v) is 8.00. The lowest BCUT2D eigenvalue weighted by atomic mass is 10.1. The summed E-state index contributed by atoms with van der Waals surface area (Å²) in [5, 5.41) is 4.58. The number of amides is 1. The minimum absolute atomic E-state index is 0.150. The SMILES string of the molecule is Cc1cc(NC(=O)C[NH2+][C@@H](C)c2ccc(F)c(F)c2)ccc1Br. The van der Waals surface area contributed by atoms with Crippen molar-refractivity contribution >= 4 is 27.5 Å². The summed E-state index contributed by atoms with van der Waals surface area (Å²) in [4.78, 5) is 12.0. The van der Waals surface area contributed by atoms with Crippen molar-refractivity contribution in [3.8, 4) is 0 Å². The van der Waals surface area contributed by atoms with Gasteiger partial charge in [-0.3, -0.25) is 4.79 Å². The van der Waals surface area contributed by atoms with E-state index in [0.717, 1.165) is 27.9 Å². The normalized spacial score (nSPS) is 12.0. The molecule has 2 aromatic carbocycles. The molecule has 2 rings (SSSR count). The van der Waals surface area contributed by atoms with Crippen LogP contribution in [0.2, 0.25) is 0 Å². The number of quaternary nitrogens is 1. The number of rotatable bonds is 5. The van der Waals surface area contributed by atoms with E-state index in [4.69, 9.17) is 0 Å². The van der Waals surface area contributed by atoms with Gasteiger partial charge in [-0.25, -0.2) is 8.78 Å². The fourth-order valence-electron chi connectivity index (χ4n) is 2.15. The zero-order valence-electron chi connectivity index (χ0n) is 12.9. The highest BCUT2D eigenvalue weighted by Gasteiger charge is 2.14. The first kappa shape index (κ1) is 17.6. The van der Waals surface area contributed by atoms with Crippen LogP contribution < -0.4 is 10.6 Å². The number of carbonyl (C=O) groups is 1. The van der Waals surface area contributed by atoms with Crippen molar-refractivity contribution in [1.82, 2.24) is 0 Å². The molecule has 0 bridgehead atoms. The Labute approximate surface area is 142 Å². The van der Waals surface area contributed by atoms with Crippen molar-refractivity contribution in [2.24, 2.45) is 0 Å². The highest BCUT2D eigenvalue weighted by molar-refractivity contribution is 9.10. The Balaban J connectivity index is 1.90. The summed E-state index contributed by atoms with van der Waals surface area (Å²) in [5.74, 6) is -1.90. The molecule has 0 fully saturated rings. The molecule has 23 heavy (non-hydrogen) atoms. The molecule has 3 nitrogen and oxygen atoms in total. The number of nitrogens with two attached hydrogens (primary N) is 1. The molecule has 0 aliphatic rings. The molecule has 0 aromatic heterocycles. The Morgan fingerprint density at radius 1 is 1.22 bits per heavy atom. The van der Waals surface area contributed by atoms with Crippen LogP contribution in [-0.2, 0) is 4.79 Å². The van der Waals surface area contributed by atoms with E-state index in [1.165, 1.54) is 6.07 Å². The third kappa shape index (κ3) is 4.84. The van der Waals surface area contributed by atoms with Crippen molar-refractivity contribution < 1.29 is 18.9 Å². The first-order valence-electron chi connectivity index (χ1n) is 7.21. The van der Waals surface area contributed by atoms with E-state index in [-0.39, 0.29) is 18.5 Å². The van der Waals surface area contributed by atoms with Crippen LogP contribution in [0, 0.1) is 18.6 Å². The number of benzene rings is 2. The third-order valence-electron chi connectivity index (χ3n) is 3.57. The zero-order chi connectivity index (χ0) is 17.0. The maximum atomic E-state index is 13.2. The second kappa shape index (κ2) is 7.66. The predicted molar refractivity (Wildman–Crippen MR) is 89.1 cm³/mol. The summed E-state index contributed by atoms with van der Waals surface area (Å²) in [5.41, 5.74) is 2.39. The smallest absolute Gasteiger partial charge is 0.279 e. The molecule has 0 aliphatic carbocycles. The molecule has 1 atom stereocenters. The zero-order valence-corrected chi connectivity index (χ0v) is 14.5. The number of anilines is 1. The van der Waals surface area contributed by atoms with Gasteiger partial charge in [-0.15, -0.1) is 0 Å². The van der Waals surface area contributed by atoms with Gasteiger partial charge in [0.25, 0.3) is 5.91 Å². The fraction of sp³-hybridized carbons (Fsp3) is 0.235. The van der Waals surface area contributed by atoms with E-state index in [1.807, 2.05) is 32.0 Å².